The Labute approximate surface area is 175 Å². The van der Waals surface area contributed by atoms with E-state index >= 15 is 0 Å². The molecule has 0 aromatic heterocycles. The van der Waals surface area contributed by atoms with Crippen molar-refractivity contribution in [3.05, 3.63) is 64.7 Å². The molecule has 162 valence electrons. The van der Waals surface area contributed by atoms with Crippen LogP contribution in [0.1, 0.15) is 29.2 Å². The molecule has 7 heteroatoms. The van der Waals surface area contributed by atoms with Gasteiger partial charge in [0.1, 0.15) is 0 Å². The van der Waals surface area contributed by atoms with Crippen LogP contribution in [-0.2, 0) is 17.5 Å². The fourth-order valence-corrected chi connectivity index (χ4v) is 3.65. The third-order valence-corrected chi connectivity index (χ3v) is 5.82. The second-order valence-electron chi connectivity index (χ2n) is 7.88. The molecular formula is C23H28F3N3O. The van der Waals surface area contributed by atoms with Crippen molar-refractivity contribution < 1.29 is 18.0 Å². The minimum absolute atomic E-state index is 0.0791. The monoisotopic (exact) mass is 419 g/mol. The van der Waals surface area contributed by atoms with Crippen molar-refractivity contribution in [1.29, 1.82) is 0 Å². The Bertz CT molecular complexity index is 890. The molecule has 1 amide bonds. The lowest BCUT2D eigenvalue weighted by Gasteiger charge is -2.38. The van der Waals surface area contributed by atoms with Crippen LogP contribution in [0.4, 0.5) is 18.9 Å². The summed E-state index contributed by atoms with van der Waals surface area (Å²) < 4.78 is 38.5. The highest BCUT2D eigenvalue weighted by molar-refractivity contribution is 5.81. The first-order chi connectivity index (χ1) is 14.1. The lowest BCUT2D eigenvalue weighted by atomic mass is 10.1. The summed E-state index contributed by atoms with van der Waals surface area (Å²) in [7, 11) is 0. The number of halogens is 3. The average Bonchev–Trinajstić information content (AvgIpc) is 2.73. The second-order valence-corrected chi connectivity index (χ2v) is 7.88. The molecule has 1 heterocycles. The van der Waals surface area contributed by atoms with Crippen LogP contribution in [0.25, 0.3) is 0 Å². The van der Waals surface area contributed by atoms with Crippen LogP contribution in [-0.4, -0.2) is 43.0 Å². The number of benzene rings is 2. The van der Waals surface area contributed by atoms with Gasteiger partial charge in [0, 0.05) is 38.4 Å². The number of amides is 1. The van der Waals surface area contributed by atoms with E-state index in [1.54, 1.807) is 6.07 Å². The highest BCUT2D eigenvalue weighted by Crippen LogP contribution is 2.29. The van der Waals surface area contributed by atoms with Crippen LogP contribution in [0, 0.1) is 13.8 Å². The van der Waals surface area contributed by atoms with Crippen LogP contribution in [0.2, 0.25) is 0 Å². The molecule has 1 aliphatic heterocycles. The molecule has 30 heavy (non-hydrogen) atoms. The summed E-state index contributed by atoms with van der Waals surface area (Å²) in [6.07, 6.45) is -4.39. The summed E-state index contributed by atoms with van der Waals surface area (Å²) in [5, 5.41) is 2.77. The first-order valence-corrected chi connectivity index (χ1v) is 10.2. The number of aryl methyl sites for hydroxylation is 2. The van der Waals surface area contributed by atoms with E-state index in [2.05, 4.69) is 47.2 Å². The molecule has 0 spiro atoms. The number of anilines is 1. The lowest BCUT2D eigenvalue weighted by molar-refractivity contribution is -0.137. The number of hydrogen-bond acceptors (Lipinski definition) is 3. The second kappa shape index (κ2) is 9.08. The minimum atomic E-state index is -4.39. The van der Waals surface area contributed by atoms with Gasteiger partial charge in [-0.25, -0.2) is 0 Å². The van der Waals surface area contributed by atoms with Crippen molar-refractivity contribution in [1.82, 2.24) is 10.2 Å². The van der Waals surface area contributed by atoms with Crippen molar-refractivity contribution in [2.75, 3.05) is 31.1 Å². The van der Waals surface area contributed by atoms with Crippen molar-refractivity contribution in [3.63, 3.8) is 0 Å². The molecule has 3 rings (SSSR count). The zero-order valence-electron chi connectivity index (χ0n) is 17.6. The number of hydrogen-bond donors (Lipinski definition) is 1. The molecule has 0 radical (unpaired) electrons. The van der Waals surface area contributed by atoms with E-state index in [1.807, 2.05) is 6.92 Å². The lowest BCUT2D eigenvalue weighted by Crippen LogP contribution is -2.53. The normalized spacial score (nSPS) is 16.4. The highest BCUT2D eigenvalue weighted by atomic mass is 19.4. The Balaban J connectivity index is 1.52. The SMILES string of the molecule is Cc1ccc(N2CCN([C@H](C)C(=O)NCc3cccc(C(F)(F)F)c3)CC2)cc1C. The molecule has 2 aromatic rings. The van der Waals surface area contributed by atoms with E-state index in [0.717, 1.165) is 38.3 Å². The standard InChI is InChI=1S/C23H28F3N3O/c1-16-7-8-21(13-17(16)2)29-11-9-28(10-12-29)18(3)22(30)27-15-19-5-4-6-20(14-19)23(24,25)26/h4-8,13-14,18H,9-12,15H2,1-3H3,(H,27,30)/t18-/m1/s1. The summed E-state index contributed by atoms with van der Waals surface area (Å²) >= 11 is 0. The first kappa shape index (κ1) is 22.2. The molecular weight excluding hydrogens is 391 g/mol. The van der Waals surface area contributed by atoms with E-state index in [9.17, 15) is 18.0 Å². The molecule has 0 saturated carbocycles. The molecule has 0 unspecified atom stereocenters. The predicted octanol–water partition coefficient (Wildman–Crippen LogP) is 4.15. The van der Waals surface area contributed by atoms with Gasteiger partial charge in [-0.3, -0.25) is 9.69 Å². The number of nitrogens with one attached hydrogen (secondary N) is 1. The van der Waals surface area contributed by atoms with E-state index in [4.69, 9.17) is 0 Å². The molecule has 2 aromatic carbocycles. The van der Waals surface area contributed by atoms with Crippen molar-refractivity contribution >= 4 is 11.6 Å². The topological polar surface area (TPSA) is 35.6 Å². The number of piperazine rings is 1. The average molecular weight is 419 g/mol. The quantitative estimate of drug-likeness (QED) is 0.791. The van der Waals surface area contributed by atoms with Crippen LogP contribution >= 0.6 is 0 Å². The largest absolute Gasteiger partial charge is 0.416 e. The maximum absolute atomic E-state index is 12.8. The van der Waals surface area contributed by atoms with Gasteiger partial charge < -0.3 is 10.2 Å². The summed E-state index contributed by atoms with van der Waals surface area (Å²) in [6.45, 7) is 9.28. The molecule has 1 N–H and O–H groups in total. The molecule has 1 fully saturated rings. The maximum Gasteiger partial charge on any atom is 0.416 e. The third kappa shape index (κ3) is 5.33. The number of rotatable bonds is 5. The van der Waals surface area contributed by atoms with E-state index < -0.39 is 11.7 Å². The van der Waals surface area contributed by atoms with Crippen LogP contribution in [0.5, 0.6) is 0 Å². The minimum Gasteiger partial charge on any atom is -0.369 e. The molecule has 1 aliphatic rings. The number of nitrogens with zero attached hydrogens (tertiary/aromatic N) is 2. The van der Waals surface area contributed by atoms with Crippen LogP contribution < -0.4 is 10.2 Å². The molecule has 1 saturated heterocycles. The van der Waals surface area contributed by atoms with Gasteiger partial charge >= 0.3 is 6.18 Å². The van der Waals surface area contributed by atoms with Gasteiger partial charge in [-0.1, -0.05) is 18.2 Å². The highest BCUT2D eigenvalue weighted by Gasteiger charge is 2.30. The van der Waals surface area contributed by atoms with Crippen molar-refractivity contribution in [2.24, 2.45) is 0 Å². The van der Waals surface area contributed by atoms with Gasteiger partial charge in [0.2, 0.25) is 5.91 Å². The number of carbonyl (C=O) groups excluding carboxylic acids is 1. The Morgan fingerprint density at radius 1 is 1.03 bits per heavy atom. The predicted molar refractivity (Wildman–Crippen MR) is 112 cm³/mol. The van der Waals surface area contributed by atoms with Gasteiger partial charge in [-0.15, -0.1) is 0 Å². The Morgan fingerprint density at radius 3 is 2.37 bits per heavy atom. The molecule has 1 atom stereocenters. The molecule has 0 bridgehead atoms. The molecule has 4 nitrogen and oxygen atoms in total. The van der Waals surface area contributed by atoms with Crippen molar-refractivity contribution in [2.45, 2.75) is 39.5 Å². The van der Waals surface area contributed by atoms with Gasteiger partial charge in [-0.2, -0.15) is 13.2 Å². The van der Waals surface area contributed by atoms with Gasteiger partial charge in [0.05, 0.1) is 11.6 Å². The fraction of sp³-hybridized carbons (Fsp3) is 0.435. The molecule has 0 aliphatic carbocycles. The van der Waals surface area contributed by atoms with Gasteiger partial charge in [0.15, 0.2) is 0 Å². The van der Waals surface area contributed by atoms with Crippen LogP contribution in [0.3, 0.4) is 0 Å². The summed E-state index contributed by atoms with van der Waals surface area (Å²) in [6, 6.07) is 11.2. The summed E-state index contributed by atoms with van der Waals surface area (Å²) in [5.74, 6) is -0.174. The first-order valence-electron chi connectivity index (χ1n) is 10.2. The summed E-state index contributed by atoms with van der Waals surface area (Å²) in [5.41, 5.74) is 3.45. The number of carbonyl (C=O) groups is 1. The number of alkyl halides is 3. The maximum atomic E-state index is 12.8. The fourth-order valence-electron chi connectivity index (χ4n) is 3.65. The van der Waals surface area contributed by atoms with Gasteiger partial charge in [0.25, 0.3) is 0 Å². The van der Waals surface area contributed by atoms with Gasteiger partial charge in [-0.05, 0) is 61.7 Å². The zero-order chi connectivity index (χ0) is 21.9. The third-order valence-electron chi connectivity index (χ3n) is 5.82. The van der Waals surface area contributed by atoms with Crippen molar-refractivity contribution in [3.8, 4) is 0 Å². The summed E-state index contributed by atoms with van der Waals surface area (Å²) in [4.78, 5) is 17.0. The Morgan fingerprint density at radius 2 is 1.73 bits per heavy atom. The van der Waals surface area contributed by atoms with E-state index in [-0.39, 0.29) is 18.5 Å². The zero-order valence-corrected chi connectivity index (χ0v) is 17.6. The Hall–Kier alpha value is -2.54. The Kier molecular flexibility index (Phi) is 6.71. The van der Waals surface area contributed by atoms with Crippen LogP contribution in [0.15, 0.2) is 42.5 Å². The van der Waals surface area contributed by atoms with E-state index in [1.165, 1.54) is 22.9 Å². The van der Waals surface area contributed by atoms with E-state index in [0.29, 0.717) is 5.56 Å². The smallest absolute Gasteiger partial charge is 0.369 e.